The molecule has 0 radical (unpaired) electrons. The third-order valence-corrected chi connectivity index (χ3v) is 13.5. The van der Waals surface area contributed by atoms with Gasteiger partial charge in [-0.05, 0) is 38.5 Å². The van der Waals surface area contributed by atoms with E-state index >= 15 is 0 Å². The zero-order chi connectivity index (χ0) is 49.5. The van der Waals surface area contributed by atoms with Crippen molar-refractivity contribution in [3.8, 4) is 0 Å². The summed E-state index contributed by atoms with van der Waals surface area (Å²) in [6, 6.07) is 0. The van der Waals surface area contributed by atoms with Crippen molar-refractivity contribution >= 4 is 19.8 Å². The average molecular weight is 985 g/mol. The van der Waals surface area contributed by atoms with Crippen LogP contribution in [0.1, 0.15) is 187 Å². The minimum absolute atomic E-state index is 0.0348. The van der Waals surface area contributed by atoms with Gasteiger partial charge < -0.3 is 64.7 Å². The van der Waals surface area contributed by atoms with Crippen molar-refractivity contribution < 1.29 is 87.9 Å². The van der Waals surface area contributed by atoms with Gasteiger partial charge in [0, 0.05) is 12.8 Å². The highest BCUT2D eigenvalue weighted by molar-refractivity contribution is 7.47. The van der Waals surface area contributed by atoms with Crippen LogP contribution in [0.25, 0.3) is 0 Å². The molecule has 0 bridgehead atoms. The molecule has 0 aromatic carbocycles. The molecule has 18 nitrogen and oxygen atoms in total. The summed E-state index contributed by atoms with van der Waals surface area (Å²) in [6.07, 6.45) is 8.74. The zero-order valence-corrected chi connectivity index (χ0v) is 41.3. The number of phosphoric acid groups is 1. The molecule has 0 aromatic heterocycles. The fourth-order valence-electron chi connectivity index (χ4n) is 8.23. The Morgan fingerprint density at radius 2 is 0.985 bits per heavy atom. The second kappa shape index (κ2) is 36.3. The highest BCUT2D eigenvalue weighted by Crippen LogP contribution is 2.48. The van der Waals surface area contributed by atoms with Gasteiger partial charge in [-0.15, -0.1) is 0 Å². The lowest BCUT2D eigenvalue weighted by Crippen LogP contribution is -2.67. The van der Waals surface area contributed by atoms with Crippen LogP contribution in [0.2, 0.25) is 0 Å². The van der Waals surface area contributed by atoms with Crippen molar-refractivity contribution in [1.29, 1.82) is 0 Å². The first kappa shape index (κ1) is 61.5. The predicted molar refractivity (Wildman–Crippen MR) is 249 cm³/mol. The molecule has 1 aliphatic heterocycles. The van der Waals surface area contributed by atoms with Crippen molar-refractivity contribution in [1.82, 2.24) is 0 Å². The van der Waals surface area contributed by atoms with Crippen LogP contribution in [0.5, 0.6) is 0 Å². The number of phosphoric ester groups is 1. The van der Waals surface area contributed by atoms with Crippen LogP contribution in [0.15, 0.2) is 12.2 Å². The Bertz CT molecular complexity index is 1360. The van der Waals surface area contributed by atoms with Crippen molar-refractivity contribution in [2.24, 2.45) is 0 Å². The van der Waals surface area contributed by atoms with E-state index in [9.17, 15) is 59.9 Å². The number of hydrogen-bond donors (Lipinski definition) is 9. The van der Waals surface area contributed by atoms with Crippen LogP contribution >= 0.6 is 7.82 Å². The first-order valence-corrected chi connectivity index (χ1v) is 27.0. The Hall–Kier alpha value is -1.61. The molecule has 9 N–H and O–H groups in total. The number of carbonyl (C=O) groups excluding carboxylic acids is 2. The largest absolute Gasteiger partial charge is 0.472 e. The lowest BCUT2D eigenvalue weighted by Gasteiger charge is -2.47. The highest BCUT2D eigenvalue weighted by atomic mass is 31.2. The number of aliphatic hydroxyl groups is 8. The van der Waals surface area contributed by atoms with Gasteiger partial charge in [-0.1, -0.05) is 148 Å². The third-order valence-electron chi connectivity index (χ3n) is 12.5. The summed E-state index contributed by atoms with van der Waals surface area (Å²) in [4.78, 5) is 36.5. The maximum atomic E-state index is 13.4. The minimum Gasteiger partial charge on any atom is -0.462 e. The van der Waals surface area contributed by atoms with Crippen LogP contribution in [0.4, 0.5) is 0 Å². The molecule has 0 aromatic rings. The number of allylic oxidation sites excluding steroid dienone is 2. The predicted octanol–water partition coefficient (Wildman–Crippen LogP) is 5.71. The minimum atomic E-state index is -5.37. The molecule has 1 heterocycles. The number of carbonyl (C=O) groups is 2. The Kier molecular flexibility index (Phi) is 33.4. The van der Waals surface area contributed by atoms with Gasteiger partial charge in [0.05, 0.1) is 13.2 Å². The summed E-state index contributed by atoms with van der Waals surface area (Å²) in [5, 5.41) is 82.9. The van der Waals surface area contributed by atoms with E-state index in [4.69, 9.17) is 28.0 Å². The fraction of sp³-hybridized carbons (Fsp3) is 0.917. The van der Waals surface area contributed by atoms with E-state index in [1.54, 1.807) is 0 Å². The van der Waals surface area contributed by atoms with Crippen LogP contribution in [-0.2, 0) is 42.1 Å². The maximum Gasteiger partial charge on any atom is 0.472 e. The first-order chi connectivity index (χ1) is 32.2. The first-order valence-electron chi connectivity index (χ1n) is 25.5. The molecule has 2 fully saturated rings. The number of ether oxygens (including phenoxy) is 4. The average Bonchev–Trinajstić information content (AvgIpc) is 3.31. The summed E-state index contributed by atoms with van der Waals surface area (Å²) in [6.45, 7) is 2.21. The van der Waals surface area contributed by atoms with E-state index in [0.717, 1.165) is 64.2 Å². The van der Waals surface area contributed by atoms with E-state index in [1.807, 2.05) is 0 Å². The van der Waals surface area contributed by atoms with Gasteiger partial charge in [-0.2, -0.15) is 0 Å². The Balaban J connectivity index is 1.94. The van der Waals surface area contributed by atoms with E-state index < -0.39 is 113 Å². The molecular formula is C48H89O18P. The molecule has 2 rings (SSSR count). The second-order valence-corrected chi connectivity index (χ2v) is 19.8. The lowest BCUT2D eigenvalue weighted by molar-refractivity contribution is -0.338. The number of rotatable bonds is 39. The number of esters is 2. The summed E-state index contributed by atoms with van der Waals surface area (Å²) < 4.78 is 45.4. The van der Waals surface area contributed by atoms with Crippen molar-refractivity contribution in [2.75, 3.05) is 19.8 Å². The van der Waals surface area contributed by atoms with Crippen LogP contribution in [-0.4, -0.2) is 151 Å². The quantitative estimate of drug-likeness (QED) is 0.0154. The van der Waals surface area contributed by atoms with Gasteiger partial charge in [-0.25, -0.2) is 4.57 Å². The number of aliphatic hydroxyl groups excluding tert-OH is 8. The molecule has 0 amide bonds. The van der Waals surface area contributed by atoms with Gasteiger partial charge in [0.15, 0.2) is 12.4 Å². The van der Waals surface area contributed by atoms with Crippen LogP contribution in [0, 0.1) is 0 Å². The van der Waals surface area contributed by atoms with E-state index in [-0.39, 0.29) is 12.8 Å². The van der Waals surface area contributed by atoms with Gasteiger partial charge in [0.2, 0.25) is 0 Å². The maximum absolute atomic E-state index is 13.4. The smallest absolute Gasteiger partial charge is 0.462 e. The van der Waals surface area contributed by atoms with Gasteiger partial charge >= 0.3 is 19.8 Å². The second-order valence-electron chi connectivity index (χ2n) is 18.4. The van der Waals surface area contributed by atoms with Crippen LogP contribution in [0.3, 0.4) is 0 Å². The van der Waals surface area contributed by atoms with E-state index in [2.05, 4.69) is 26.0 Å². The molecule has 67 heavy (non-hydrogen) atoms. The molecule has 13 atom stereocenters. The molecule has 2 aliphatic rings. The number of hydrogen-bond acceptors (Lipinski definition) is 17. The summed E-state index contributed by atoms with van der Waals surface area (Å²) in [7, 11) is -5.37. The number of unbranched alkanes of at least 4 members (excludes halogenated alkanes) is 22. The molecule has 1 saturated carbocycles. The molecule has 1 saturated heterocycles. The highest BCUT2D eigenvalue weighted by Gasteiger charge is 2.55. The fourth-order valence-corrected chi connectivity index (χ4v) is 9.20. The molecule has 6 unspecified atom stereocenters. The normalized spacial score (nSPS) is 28.1. The van der Waals surface area contributed by atoms with Gasteiger partial charge in [0.1, 0.15) is 67.6 Å². The SMILES string of the molecule is CCCCCCCCC/C=C\CCCCCCCC(=O)OC[C@H](COP(=O)(O)O[C@@H]1C(O)C(O)[C@@H](O)C(O)[C@H]1O[C@H]1OC(CO)[C@@H](O)C(O)[C@H]1O)OC(=O)CCCCCCCCCCCCC. The zero-order valence-electron chi connectivity index (χ0n) is 40.4. The molecule has 1 aliphatic carbocycles. The monoisotopic (exact) mass is 985 g/mol. The topological polar surface area (TPSA) is 289 Å². The molecule has 19 heteroatoms. The Morgan fingerprint density at radius 1 is 0.552 bits per heavy atom. The summed E-state index contributed by atoms with van der Waals surface area (Å²) >= 11 is 0. The molecular weight excluding hydrogens is 895 g/mol. The molecule has 394 valence electrons. The van der Waals surface area contributed by atoms with E-state index in [1.165, 1.54) is 83.5 Å². The Labute approximate surface area is 399 Å². The Morgan fingerprint density at radius 3 is 1.48 bits per heavy atom. The van der Waals surface area contributed by atoms with Crippen LogP contribution < -0.4 is 0 Å². The summed E-state index contributed by atoms with van der Waals surface area (Å²) in [5.41, 5.74) is 0. The van der Waals surface area contributed by atoms with E-state index in [0.29, 0.717) is 12.8 Å². The summed E-state index contributed by atoms with van der Waals surface area (Å²) in [5.74, 6) is -1.22. The lowest BCUT2D eigenvalue weighted by atomic mass is 9.84. The third kappa shape index (κ3) is 25.4. The van der Waals surface area contributed by atoms with Crippen molar-refractivity contribution in [3.63, 3.8) is 0 Å². The van der Waals surface area contributed by atoms with Gasteiger partial charge in [-0.3, -0.25) is 18.6 Å². The van der Waals surface area contributed by atoms with Crippen molar-refractivity contribution in [3.05, 3.63) is 12.2 Å². The standard InChI is InChI=1S/C48H89O18P/c1-3-5-7-9-11-13-15-16-17-18-19-21-22-24-26-28-30-37(50)61-33-35(63-38(51)31-29-27-25-23-20-14-12-10-8-6-4-2)34-62-67(59,60)66-47-44(57)42(55)41(54)43(56)46(47)65-48-45(58)40(53)39(52)36(32-49)64-48/h17-18,35-36,39-49,52-58H,3-16,19-34H2,1-2H3,(H,59,60)/b18-17-/t35-,36?,39-,40?,41-,42?,43?,44?,45-,46-,47-,48-/m1/s1. The van der Waals surface area contributed by atoms with Gasteiger partial charge in [0.25, 0.3) is 0 Å². The molecule has 0 spiro atoms. The van der Waals surface area contributed by atoms with Crippen molar-refractivity contribution in [2.45, 2.75) is 261 Å².